The molecule has 12 rings (SSSR count). The predicted octanol–water partition coefficient (Wildman–Crippen LogP) is 11.6. The first-order chi connectivity index (χ1) is 41.4. The van der Waals surface area contributed by atoms with Gasteiger partial charge in [0.25, 0.3) is 0 Å². The van der Waals surface area contributed by atoms with Crippen molar-refractivity contribution in [3.8, 4) is 34.2 Å². The Hall–Kier alpha value is -8.43. The molecule has 87 heavy (non-hydrogen) atoms. The molecule has 9 aromatic heterocycles. The number of hydrogen-bond acceptors (Lipinski definition) is 16. The second-order valence-electron chi connectivity index (χ2n) is 23.5. The molecule has 3 saturated heterocycles. The Morgan fingerprint density at radius 2 is 1.23 bits per heavy atom. The average Bonchev–Trinajstić information content (AvgIpc) is 1.11. The zero-order valence-electron chi connectivity index (χ0n) is 48.9. The van der Waals surface area contributed by atoms with Gasteiger partial charge >= 0.3 is 12.4 Å². The first kappa shape index (κ1) is 61.7. The van der Waals surface area contributed by atoms with Crippen LogP contribution >= 0.6 is 0 Å². The van der Waals surface area contributed by atoms with Gasteiger partial charge in [-0.1, -0.05) is 27.7 Å². The Balaban J connectivity index is 0.000000466. The zero-order chi connectivity index (χ0) is 62.2. The summed E-state index contributed by atoms with van der Waals surface area (Å²) in [7, 11) is 0. The van der Waals surface area contributed by atoms with Gasteiger partial charge in [0.05, 0.1) is 45.5 Å². The highest BCUT2D eigenvalue weighted by molar-refractivity contribution is 5.92. The monoisotopic (exact) mass is 1220 g/mol. The standard InChI is InChI=1S/C22H27FN6O2.C20H23F3N6.C18H19F3N6.8H2/c1-13(2)22(4,31)17-12-28(10-11-29(17)14(3)30)18-8-7-16(23)20(25-18)19-15-6-5-9-24-21(15)27-26-19;1-12(2)8-19(9-24)10-29(11-19)15-6-5-14(20(21,22)23)17(26-15)16-13-4-3-7-25-18(13)28-27-16;19-18(20,21)12-8-14(16-13-2-1-5-23-17(13)26-25-16)24-15(9-12)27-6-3-11(10-22)4-7-27;;;;;;;;/h5-9,13,17,31H,10-12H2,1-4H3,(H,24,26,27);3-7,12H,8-11,24H2,1-2H3,(H,25,27,28);1-2,5,8-9,11H,3-4,6-7,10,22H2,(H,23,25,26);8*1H. The zero-order valence-corrected chi connectivity index (χ0v) is 48.9. The summed E-state index contributed by atoms with van der Waals surface area (Å²) in [6.07, 6.45) is -1.57. The van der Waals surface area contributed by atoms with E-state index in [2.05, 4.69) is 74.3 Å². The molecule has 476 valence electrons. The van der Waals surface area contributed by atoms with Gasteiger partial charge in [-0.25, -0.2) is 34.3 Å². The van der Waals surface area contributed by atoms with Gasteiger partial charge in [-0.2, -0.15) is 41.6 Å². The summed E-state index contributed by atoms with van der Waals surface area (Å²) in [5.41, 5.74) is 11.7. The Kier molecular flexibility index (Phi) is 17.5. The number of hydrogen-bond donors (Lipinski definition) is 6. The summed E-state index contributed by atoms with van der Waals surface area (Å²) in [5, 5.41) is 33.5. The molecule has 3 aliphatic rings. The van der Waals surface area contributed by atoms with E-state index in [-0.39, 0.29) is 51.4 Å². The number of pyridine rings is 6. The minimum absolute atomic E-state index is 0. The van der Waals surface area contributed by atoms with Crippen molar-refractivity contribution in [3.05, 3.63) is 108 Å². The number of carbonyl (C=O) groups excluding carboxylic acids is 1. The number of carbonyl (C=O) groups is 1. The van der Waals surface area contributed by atoms with Gasteiger partial charge in [-0.15, -0.1) is 0 Å². The molecule has 0 aromatic carbocycles. The lowest BCUT2D eigenvalue weighted by atomic mass is 9.73. The summed E-state index contributed by atoms with van der Waals surface area (Å²) in [4.78, 5) is 45.7. The molecule has 27 heteroatoms. The highest BCUT2D eigenvalue weighted by Gasteiger charge is 2.45. The number of alkyl halides is 6. The lowest BCUT2D eigenvalue weighted by Gasteiger charge is -2.51. The number of aromatic nitrogens is 12. The van der Waals surface area contributed by atoms with E-state index >= 15 is 0 Å². The Labute approximate surface area is 508 Å². The number of fused-ring (bicyclic) bond motifs is 3. The number of anilines is 3. The van der Waals surface area contributed by atoms with Crippen LogP contribution in [0.25, 0.3) is 67.3 Å². The molecule has 0 saturated carbocycles. The fraction of sp³-hybridized carbons (Fsp3) is 0.433. The molecule has 0 bridgehead atoms. The van der Waals surface area contributed by atoms with Crippen molar-refractivity contribution in [2.24, 2.45) is 34.6 Å². The highest BCUT2D eigenvalue weighted by atomic mass is 19.4. The number of piperazine rings is 1. The lowest BCUT2D eigenvalue weighted by Crippen LogP contribution is -2.64. The van der Waals surface area contributed by atoms with E-state index in [1.165, 1.54) is 19.1 Å². The summed E-state index contributed by atoms with van der Waals surface area (Å²) in [6.45, 7) is 16.6. The number of rotatable bonds is 12. The van der Waals surface area contributed by atoms with Crippen molar-refractivity contribution in [2.45, 2.75) is 84.8 Å². The highest BCUT2D eigenvalue weighted by Crippen LogP contribution is 2.43. The van der Waals surface area contributed by atoms with Crippen LogP contribution in [0.5, 0.6) is 0 Å². The molecule has 8 N–H and O–H groups in total. The first-order valence-electron chi connectivity index (χ1n) is 28.7. The number of aliphatic hydroxyl groups is 1. The molecular formula is C60H85F7N18O2. The molecule has 20 nitrogen and oxygen atoms in total. The molecule has 9 aromatic rings. The molecule has 0 spiro atoms. The fourth-order valence-corrected chi connectivity index (χ4v) is 11.7. The van der Waals surface area contributed by atoms with Crippen molar-refractivity contribution in [1.29, 1.82) is 0 Å². The molecule has 3 fully saturated rings. The van der Waals surface area contributed by atoms with Crippen LogP contribution in [0.2, 0.25) is 0 Å². The number of nitrogens with one attached hydrogen (secondary N) is 3. The summed E-state index contributed by atoms with van der Waals surface area (Å²) in [6, 6.07) is 17.7. The number of H-pyrrole nitrogens is 3. The van der Waals surface area contributed by atoms with Crippen LogP contribution in [0.1, 0.15) is 83.3 Å². The van der Waals surface area contributed by atoms with Crippen molar-refractivity contribution >= 4 is 56.5 Å². The number of piperidine rings is 1. The van der Waals surface area contributed by atoms with Crippen LogP contribution in [-0.2, 0) is 17.1 Å². The maximum absolute atomic E-state index is 14.7. The van der Waals surface area contributed by atoms with E-state index in [0.29, 0.717) is 133 Å². The molecule has 0 aliphatic carbocycles. The van der Waals surface area contributed by atoms with Crippen LogP contribution in [0, 0.1) is 29.0 Å². The molecular weight excluding hydrogens is 1140 g/mol. The van der Waals surface area contributed by atoms with Gasteiger partial charge in [0, 0.05) is 111 Å². The van der Waals surface area contributed by atoms with Crippen LogP contribution in [-0.4, -0.2) is 147 Å². The minimum Gasteiger partial charge on any atom is -0.388 e. The first-order valence-corrected chi connectivity index (χ1v) is 28.7. The van der Waals surface area contributed by atoms with Crippen LogP contribution < -0.4 is 26.2 Å². The molecule has 3 aliphatic heterocycles. The average molecular weight is 1220 g/mol. The van der Waals surface area contributed by atoms with Crippen molar-refractivity contribution in [2.75, 3.05) is 73.6 Å². The van der Waals surface area contributed by atoms with Crippen LogP contribution in [0.3, 0.4) is 0 Å². The molecule has 1 amide bonds. The smallest absolute Gasteiger partial charge is 0.388 e. The Morgan fingerprint density at radius 3 is 1.76 bits per heavy atom. The molecule has 2 atom stereocenters. The van der Waals surface area contributed by atoms with E-state index in [9.17, 15) is 40.6 Å². The Bertz CT molecular complexity index is 3910. The summed E-state index contributed by atoms with van der Waals surface area (Å²) < 4.78 is 96.2. The minimum atomic E-state index is -4.53. The third kappa shape index (κ3) is 13.0. The van der Waals surface area contributed by atoms with Gasteiger partial charge < -0.3 is 36.2 Å². The molecule has 2 unspecified atom stereocenters. The number of amides is 1. The number of aromatic amines is 3. The summed E-state index contributed by atoms with van der Waals surface area (Å²) in [5.74, 6) is 1.72. The largest absolute Gasteiger partial charge is 0.418 e. The number of halogens is 7. The molecule has 12 heterocycles. The normalized spacial score (nSPS) is 17.3. The summed E-state index contributed by atoms with van der Waals surface area (Å²) >= 11 is 0. The quantitative estimate of drug-likeness (QED) is 0.0621. The van der Waals surface area contributed by atoms with Crippen molar-refractivity contribution in [3.63, 3.8) is 0 Å². The third-order valence-electron chi connectivity index (χ3n) is 16.8. The topological polar surface area (TPSA) is 266 Å². The van der Waals surface area contributed by atoms with E-state index < -0.39 is 40.9 Å². The SMILES string of the molecule is CC(=O)N1CCN(c2ccc(F)c(-c3[nH]nc4ncccc34)n2)CC1C(C)(O)C(C)C.CC(C)CC1(CN)CN(c2ccc(C(F)(F)F)c(-c3[nH]nc4ncccc34)n2)C1.NCC1CCN(c2cc(C(F)(F)F)cc(-c3[nH]nc4ncccc34)n2)CC1.[HH].[HH].[HH].[HH].[HH].[HH].[HH].[HH]. The van der Waals surface area contributed by atoms with Gasteiger partial charge in [0.15, 0.2) is 22.8 Å². The van der Waals surface area contributed by atoms with Crippen molar-refractivity contribution in [1.82, 2.24) is 65.4 Å². The maximum Gasteiger partial charge on any atom is 0.418 e. The van der Waals surface area contributed by atoms with Crippen LogP contribution in [0.15, 0.2) is 91.4 Å². The van der Waals surface area contributed by atoms with E-state index in [1.54, 1.807) is 66.8 Å². The van der Waals surface area contributed by atoms with E-state index in [4.69, 9.17) is 11.5 Å². The second kappa shape index (κ2) is 24.7. The second-order valence-corrected chi connectivity index (χ2v) is 23.5. The number of nitrogens with zero attached hydrogens (tertiary/aromatic N) is 13. The van der Waals surface area contributed by atoms with Crippen molar-refractivity contribution < 1.29 is 52.0 Å². The van der Waals surface area contributed by atoms with E-state index in [0.717, 1.165) is 37.5 Å². The Morgan fingerprint density at radius 1 is 0.690 bits per heavy atom. The van der Waals surface area contributed by atoms with Crippen LogP contribution in [0.4, 0.5) is 48.2 Å². The van der Waals surface area contributed by atoms with Gasteiger partial charge in [-0.05, 0) is 123 Å². The third-order valence-corrected chi connectivity index (χ3v) is 16.8. The van der Waals surface area contributed by atoms with Gasteiger partial charge in [0.2, 0.25) is 5.91 Å². The predicted molar refractivity (Wildman–Crippen MR) is 334 cm³/mol. The lowest BCUT2D eigenvalue weighted by molar-refractivity contribution is -0.141. The van der Waals surface area contributed by atoms with Gasteiger partial charge in [-0.3, -0.25) is 20.1 Å². The molecule has 0 radical (unpaired) electrons. The van der Waals surface area contributed by atoms with E-state index in [1.807, 2.05) is 34.6 Å². The fourth-order valence-electron chi connectivity index (χ4n) is 11.7. The van der Waals surface area contributed by atoms with Gasteiger partial charge in [0.1, 0.15) is 28.8 Å². The maximum atomic E-state index is 14.7. The number of nitrogens with two attached hydrogens (primary N) is 2.